The molecule has 90 valence electrons. The number of nitriles is 1. The minimum absolute atomic E-state index is 0.0000373. The Morgan fingerprint density at radius 2 is 1.79 bits per heavy atom. The van der Waals surface area contributed by atoms with Crippen molar-refractivity contribution in [2.45, 2.75) is 0 Å². The van der Waals surface area contributed by atoms with Gasteiger partial charge in [-0.05, 0) is 35.9 Å². The zero-order valence-electron chi connectivity index (χ0n) is 10.1. The predicted octanol–water partition coefficient (Wildman–Crippen LogP) is 3.21. The fourth-order valence-corrected chi connectivity index (χ4v) is 2.06. The van der Waals surface area contributed by atoms with E-state index in [1.165, 1.54) is 0 Å². The highest BCUT2D eigenvalue weighted by Gasteiger charge is 2.23. The average molecular weight is 246 g/mol. The molecule has 0 spiro atoms. The zero-order chi connectivity index (χ0) is 13.2. The fraction of sp³-hybridized carbons (Fsp3) is 0. The third kappa shape index (κ3) is 2.00. The van der Waals surface area contributed by atoms with Crippen molar-refractivity contribution in [1.29, 1.82) is 5.26 Å². The Bertz CT molecular complexity index is 721. The van der Waals surface area contributed by atoms with Crippen molar-refractivity contribution >= 4 is 17.5 Å². The summed E-state index contributed by atoms with van der Waals surface area (Å²) in [4.78, 5) is 12.1. The van der Waals surface area contributed by atoms with Gasteiger partial charge in [0.15, 0.2) is 0 Å². The SMILES string of the molecule is N#Cc1ccc(/C=C2\Nc3ccccc3C2=O)cc1. The van der Waals surface area contributed by atoms with Crippen LogP contribution in [0.25, 0.3) is 6.08 Å². The number of hydrogen-bond donors (Lipinski definition) is 1. The van der Waals surface area contributed by atoms with Gasteiger partial charge in [0.1, 0.15) is 0 Å². The summed E-state index contributed by atoms with van der Waals surface area (Å²) in [5.41, 5.74) is 3.60. The molecule has 1 N–H and O–H groups in total. The molecule has 0 radical (unpaired) electrons. The molecule has 0 atom stereocenters. The van der Waals surface area contributed by atoms with E-state index in [0.717, 1.165) is 11.3 Å². The maximum absolute atomic E-state index is 12.1. The molecule has 2 aromatic carbocycles. The monoisotopic (exact) mass is 246 g/mol. The van der Waals surface area contributed by atoms with Crippen LogP contribution in [0, 0.1) is 11.3 Å². The van der Waals surface area contributed by atoms with E-state index < -0.39 is 0 Å². The van der Waals surface area contributed by atoms with Gasteiger partial charge in [0.2, 0.25) is 5.78 Å². The number of nitrogens with one attached hydrogen (secondary N) is 1. The summed E-state index contributed by atoms with van der Waals surface area (Å²) >= 11 is 0. The molecule has 3 rings (SSSR count). The van der Waals surface area contributed by atoms with Gasteiger partial charge in [0, 0.05) is 11.3 Å². The molecule has 1 aliphatic rings. The van der Waals surface area contributed by atoms with E-state index in [2.05, 4.69) is 11.4 Å². The van der Waals surface area contributed by atoms with E-state index in [4.69, 9.17) is 5.26 Å². The molecule has 0 aliphatic carbocycles. The molecule has 3 nitrogen and oxygen atoms in total. The molecule has 0 bridgehead atoms. The van der Waals surface area contributed by atoms with Crippen LogP contribution in [0.4, 0.5) is 5.69 Å². The summed E-state index contributed by atoms with van der Waals surface area (Å²) < 4.78 is 0. The highest BCUT2D eigenvalue weighted by Crippen LogP contribution is 2.28. The lowest BCUT2D eigenvalue weighted by atomic mass is 10.1. The number of ketones is 1. The molecule has 0 amide bonds. The van der Waals surface area contributed by atoms with Gasteiger partial charge in [-0.15, -0.1) is 0 Å². The molecule has 0 saturated carbocycles. The van der Waals surface area contributed by atoms with Gasteiger partial charge in [-0.2, -0.15) is 5.26 Å². The Balaban J connectivity index is 1.94. The molecular weight excluding hydrogens is 236 g/mol. The lowest BCUT2D eigenvalue weighted by molar-refractivity contribution is 0.104. The van der Waals surface area contributed by atoms with Crippen molar-refractivity contribution in [3.05, 3.63) is 70.9 Å². The van der Waals surface area contributed by atoms with Gasteiger partial charge in [-0.1, -0.05) is 24.3 Å². The van der Waals surface area contributed by atoms with E-state index in [-0.39, 0.29) is 5.78 Å². The number of Topliss-reactive ketones (excluding diaryl/α,β-unsaturated/α-hetero) is 1. The number of anilines is 1. The number of rotatable bonds is 1. The number of benzene rings is 2. The smallest absolute Gasteiger partial charge is 0.211 e. The van der Waals surface area contributed by atoms with Gasteiger partial charge in [-0.3, -0.25) is 4.79 Å². The van der Waals surface area contributed by atoms with E-state index in [9.17, 15) is 4.79 Å². The van der Waals surface area contributed by atoms with Crippen LogP contribution < -0.4 is 5.32 Å². The molecule has 0 saturated heterocycles. The summed E-state index contributed by atoms with van der Waals surface area (Å²) in [5, 5.41) is 11.8. The highest BCUT2D eigenvalue weighted by atomic mass is 16.1. The van der Waals surface area contributed by atoms with Crippen LogP contribution in [0.1, 0.15) is 21.5 Å². The van der Waals surface area contributed by atoms with Gasteiger partial charge >= 0.3 is 0 Å². The van der Waals surface area contributed by atoms with Crippen LogP contribution >= 0.6 is 0 Å². The largest absolute Gasteiger partial charge is 0.352 e. The number of carbonyl (C=O) groups is 1. The molecule has 1 aliphatic heterocycles. The molecule has 19 heavy (non-hydrogen) atoms. The summed E-state index contributed by atoms with van der Waals surface area (Å²) in [5.74, 6) is -0.0000373. The number of para-hydroxylation sites is 1. The number of fused-ring (bicyclic) bond motifs is 1. The quantitative estimate of drug-likeness (QED) is 0.786. The Morgan fingerprint density at radius 3 is 2.47 bits per heavy atom. The summed E-state index contributed by atoms with van der Waals surface area (Å²) in [6, 6.07) is 16.6. The van der Waals surface area contributed by atoms with E-state index >= 15 is 0 Å². The third-order valence-electron chi connectivity index (χ3n) is 3.04. The first-order valence-corrected chi connectivity index (χ1v) is 5.90. The van der Waals surface area contributed by atoms with Gasteiger partial charge in [-0.25, -0.2) is 0 Å². The maximum atomic E-state index is 12.1. The Morgan fingerprint density at radius 1 is 1.05 bits per heavy atom. The van der Waals surface area contributed by atoms with Crippen LogP contribution in [0.2, 0.25) is 0 Å². The summed E-state index contributed by atoms with van der Waals surface area (Å²) in [6.45, 7) is 0. The minimum Gasteiger partial charge on any atom is -0.352 e. The lowest BCUT2D eigenvalue weighted by Crippen LogP contribution is -1.99. The van der Waals surface area contributed by atoms with Crippen LogP contribution in [0.5, 0.6) is 0 Å². The third-order valence-corrected chi connectivity index (χ3v) is 3.04. The minimum atomic E-state index is -0.0000373. The normalized spacial score (nSPS) is 14.9. The van der Waals surface area contributed by atoms with E-state index in [1.807, 2.05) is 36.4 Å². The predicted molar refractivity (Wildman–Crippen MR) is 73.5 cm³/mol. The first-order valence-electron chi connectivity index (χ1n) is 5.90. The van der Waals surface area contributed by atoms with Crippen LogP contribution in [-0.2, 0) is 0 Å². The second-order valence-corrected chi connectivity index (χ2v) is 4.29. The van der Waals surface area contributed by atoms with Gasteiger partial charge in [0.05, 0.1) is 17.3 Å². The second kappa shape index (κ2) is 4.43. The summed E-state index contributed by atoms with van der Waals surface area (Å²) in [6.07, 6.45) is 1.80. The van der Waals surface area contributed by atoms with E-state index in [1.54, 1.807) is 18.2 Å². The van der Waals surface area contributed by atoms with Crippen molar-refractivity contribution in [2.75, 3.05) is 5.32 Å². The van der Waals surface area contributed by atoms with Crippen molar-refractivity contribution in [3.8, 4) is 6.07 Å². The molecular formula is C16H10N2O. The van der Waals surface area contributed by atoms with Crippen molar-refractivity contribution in [2.24, 2.45) is 0 Å². The molecule has 0 aromatic heterocycles. The maximum Gasteiger partial charge on any atom is 0.211 e. The Hall–Kier alpha value is -2.86. The fourth-order valence-electron chi connectivity index (χ4n) is 2.06. The summed E-state index contributed by atoms with van der Waals surface area (Å²) in [7, 11) is 0. The number of carbonyl (C=O) groups excluding carboxylic acids is 1. The Labute approximate surface area is 110 Å². The van der Waals surface area contributed by atoms with Crippen molar-refractivity contribution in [3.63, 3.8) is 0 Å². The molecule has 1 heterocycles. The molecule has 0 fully saturated rings. The Kier molecular flexibility index (Phi) is 2.62. The first-order chi connectivity index (χ1) is 9.28. The molecule has 0 unspecified atom stereocenters. The van der Waals surface area contributed by atoms with Crippen LogP contribution in [-0.4, -0.2) is 5.78 Å². The first kappa shape index (κ1) is 11.2. The zero-order valence-corrected chi connectivity index (χ0v) is 10.1. The number of nitrogens with zero attached hydrogens (tertiary/aromatic N) is 1. The van der Waals surface area contributed by atoms with Crippen LogP contribution in [0.3, 0.4) is 0 Å². The van der Waals surface area contributed by atoms with Crippen molar-refractivity contribution in [1.82, 2.24) is 0 Å². The van der Waals surface area contributed by atoms with Gasteiger partial charge < -0.3 is 5.32 Å². The van der Waals surface area contributed by atoms with E-state index in [0.29, 0.717) is 16.8 Å². The average Bonchev–Trinajstić information content (AvgIpc) is 2.77. The lowest BCUT2D eigenvalue weighted by Gasteiger charge is -1.99. The molecule has 2 aromatic rings. The highest BCUT2D eigenvalue weighted by molar-refractivity contribution is 6.20. The molecule has 3 heteroatoms. The standard InChI is InChI=1S/C16H10N2O/c17-10-12-7-5-11(6-8-12)9-15-16(19)13-3-1-2-4-14(13)18-15/h1-9,18H/b15-9-. The van der Waals surface area contributed by atoms with Gasteiger partial charge in [0.25, 0.3) is 0 Å². The van der Waals surface area contributed by atoms with Crippen LogP contribution in [0.15, 0.2) is 54.2 Å². The second-order valence-electron chi connectivity index (χ2n) is 4.29. The topological polar surface area (TPSA) is 52.9 Å². The number of hydrogen-bond acceptors (Lipinski definition) is 3. The number of allylic oxidation sites excluding steroid dienone is 1. The van der Waals surface area contributed by atoms with Crippen molar-refractivity contribution < 1.29 is 4.79 Å².